The zero-order chi connectivity index (χ0) is 26.6. The SMILES string of the molecule is CC(C)(C)OC(=O)N1CCC[C@@H](OC(=O)c2ccc3ccccc3c2)[C@H](NC(=O)c2ccc(O)cc2)C1. The molecule has 1 fully saturated rings. The van der Waals surface area contributed by atoms with Crippen LogP contribution in [-0.2, 0) is 9.47 Å². The summed E-state index contributed by atoms with van der Waals surface area (Å²) in [5, 5.41) is 14.4. The van der Waals surface area contributed by atoms with Crippen LogP contribution in [0.4, 0.5) is 4.79 Å². The van der Waals surface area contributed by atoms with E-state index in [2.05, 4.69) is 5.32 Å². The van der Waals surface area contributed by atoms with Crippen LogP contribution in [0.5, 0.6) is 5.75 Å². The Kier molecular flexibility index (Phi) is 7.66. The second kappa shape index (κ2) is 10.9. The second-order valence-corrected chi connectivity index (χ2v) is 10.2. The minimum Gasteiger partial charge on any atom is -0.508 e. The average molecular weight is 505 g/mol. The van der Waals surface area contributed by atoms with E-state index in [1.54, 1.807) is 32.9 Å². The summed E-state index contributed by atoms with van der Waals surface area (Å²) in [6, 6.07) is 18.3. The Hall–Kier alpha value is -4.07. The van der Waals surface area contributed by atoms with Gasteiger partial charge in [0, 0.05) is 18.7 Å². The summed E-state index contributed by atoms with van der Waals surface area (Å²) < 4.78 is 11.5. The Morgan fingerprint density at radius 1 is 0.946 bits per heavy atom. The molecule has 0 radical (unpaired) electrons. The molecule has 3 aromatic carbocycles. The van der Waals surface area contributed by atoms with Crippen molar-refractivity contribution in [2.75, 3.05) is 13.1 Å². The number of fused-ring (bicyclic) bond motifs is 1. The highest BCUT2D eigenvalue weighted by atomic mass is 16.6. The standard InChI is InChI=1S/C29H32N2O6/c1-29(2,3)37-28(35)31-16-6-9-25(24(18-31)30-26(33)20-12-14-23(32)15-13-20)36-27(34)22-11-10-19-7-4-5-8-21(19)17-22/h4-5,7-8,10-15,17,24-25,32H,6,9,16,18H2,1-3H3,(H,30,33)/t24-,25-/m1/s1. The zero-order valence-corrected chi connectivity index (χ0v) is 21.3. The number of rotatable bonds is 4. The van der Waals surface area contributed by atoms with Crippen LogP contribution in [0.25, 0.3) is 10.8 Å². The molecule has 1 saturated heterocycles. The predicted octanol–water partition coefficient (Wildman–Crippen LogP) is 4.90. The highest BCUT2D eigenvalue weighted by Crippen LogP contribution is 2.22. The summed E-state index contributed by atoms with van der Waals surface area (Å²) in [5.74, 6) is -0.850. The van der Waals surface area contributed by atoms with Crippen molar-refractivity contribution in [3.05, 3.63) is 77.9 Å². The van der Waals surface area contributed by atoms with Gasteiger partial charge in [-0.25, -0.2) is 9.59 Å². The first-order chi connectivity index (χ1) is 17.6. The van der Waals surface area contributed by atoms with Crippen molar-refractivity contribution in [3.63, 3.8) is 0 Å². The lowest BCUT2D eigenvalue weighted by molar-refractivity contribution is 0.0127. The van der Waals surface area contributed by atoms with E-state index in [-0.39, 0.29) is 12.3 Å². The molecule has 0 aromatic heterocycles. The molecule has 0 unspecified atom stereocenters. The van der Waals surface area contributed by atoms with E-state index in [0.29, 0.717) is 30.5 Å². The Labute approximate surface area is 216 Å². The third-order valence-corrected chi connectivity index (χ3v) is 6.12. The van der Waals surface area contributed by atoms with Gasteiger partial charge in [0.2, 0.25) is 0 Å². The van der Waals surface area contributed by atoms with Gasteiger partial charge in [-0.1, -0.05) is 30.3 Å². The minimum absolute atomic E-state index is 0.0457. The quantitative estimate of drug-likeness (QED) is 0.490. The molecule has 1 heterocycles. The number of benzene rings is 3. The number of likely N-dealkylation sites (tertiary alicyclic amines) is 1. The molecular weight excluding hydrogens is 472 g/mol. The van der Waals surface area contributed by atoms with Crippen LogP contribution in [0.15, 0.2) is 66.7 Å². The summed E-state index contributed by atoms with van der Waals surface area (Å²) in [6.07, 6.45) is -0.120. The Morgan fingerprint density at radius 2 is 1.62 bits per heavy atom. The number of carbonyl (C=O) groups is 3. The van der Waals surface area contributed by atoms with Gasteiger partial charge in [-0.05, 0) is 80.8 Å². The number of amides is 2. The highest BCUT2D eigenvalue weighted by molar-refractivity contribution is 5.96. The summed E-state index contributed by atoms with van der Waals surface area (Å²) in [4.78, 5) is 40.5. The van der Waals surface area contributed by atoms with Gasteiger partial charge >= 0.3 is 12.1 Å². The van der Waals surface area contributed by atoms with Crippen LogP contribution in [0.2, 0.25) is 0 Å². The largest absolute Gasteiger partial charge is 0.508 e. The van der Waals surface area contributed by atoms with Gasteiger partial charge in [-0.2, -0.15) is 0 Å². The molecule has 8 heteroatoms. The second-order valence-electron chi connectivity index (χ2n) is 10.2. The van der Waals surface area contributed by atoms with E-state index in [4.69, 9.17) is 9.47 Å². The van der Waals surface area contributed by atoms with E-state index in [1.165, 1.54) is 29.2 Å². The first-order valence-corrected chi connectivity index (χ1v) is 12.4. The number of esters is 1. The maximum atomic E-state index is 13.1. The fourth-order valence-electron chi connectivity index (χ4n) is 4.29. The maximum Gasteiger partial charge on any atom is 0.410 e. The lowest BCUT2D eigenvalue weighted by Gasteiger charge is -2.30. The topological polar surface area (TPSA) is 105 Å². The number of hydrogen-bond donors (Lipinski definition) is 2. The first kappa shape index (κ1) is 26.0. The number of nitrogens with one attached hydrogen (secondary N) is 1. The van der Waals surface area contributed by atoms with Crippen molar-refractivity contribution in [3.8, 4) is 5.75 Å². The normalized spacial score (nSPS) is 18.1. The number of aromatic hydroxyl groups is 1. The Bertz CT molecular complexity index is 1280. The van der Waals surface area contributed by atoms with Crippen molar-refractivity contribution in [1.29, 1.82) is 0 Å². The van der Waals surface area contributed by atoms with E-state index >= 15 is 0 Å². The van der Waals surface area contributed by atoms with Crippen molar-refractivity contribution in [2.45, 2.75) is 51.4 Å². The van der Waals surface area contributed by atoms with Crippen LogP contribution in [-0.4, -0.2) is 58.8 Å². The molecule has 37 heavy (non-hydrogen) atoms. The fourth-order valence-corrected chi connectivity index (χ4v) is 4.29. The monoisotopic (exact) mass is 504 g/mol. The van der Waals surface area contributed by atoms with Crippen LogP contribution in [0.3, 0.4) is 0 Å². The molecule has 0 bridgehead atoms. The lowest BCUT2D eigenvalue weighted by Crippen LogP contribution is -2.51. The van der Waals surface area contributed by atoms with E-state index in [0.717, 1.165) is 10.8 Å². The molecule has 2 N–H and O–H groups in total. The van der Waals surface area contributed by atoms with Crippen LogP contribution >= 0.6 is 0 Å². The smallest absolute Gasteiger partial charge is 0.410 e. The van der Waals surface area contributed by atoms with Gasteiger partial charge in [-0.15, -0.1) is 0 Å². The van der Waals surface area contributed by atoms with Crippen LogP contribution in [0.1, 0.15) is 54.3 Å². The van der Waals surface area contributed by atoms with Crippen molar-refractivity contribution in [1.82, 2.24) is 10.2 Å². The molecule has 0 spiro atoms. The Balaban J connectivity index is 1.55. The van der Waals surface area contributed by atoms with Gasteiger partial charge in [0.05, 0.1) is 11.6 Å². The molecule has 194 valence electrons. The van der Waals surface area contributed by atoms with E-state index in [1.807, 2.05) is 30.3 Å². The molecule has 4 rings (SSSR count). The molecular formula is C29H32N2O6. The number of nitrogens with zero attached hydrogens (tertiary/aromatic N) is 1. The van der Waals surface area contributed by atoms with E-state index in [9.17, 15) is 19.5 Å². The Morgan fingerprint density at radius 3 is 2.32 bits per heavy atom. The summed E-state index contributed by atoms with van der Waals surface area (Å²) in [7, 11) is 0. The molecule has 0 aliphatic carbocycles. The summed E-state index contributed by atoms with van der Waals surface area (Å²) in [5.41, 5.74) is 0.0804. The van der Waals surface area contributed by atoms with Gasteiger partial charge in [0.1, 0.15) is 17.5 Å². The number of hydrogen-bond acceptors (Lipinski definition) is 6. The zero-order valence-electron chi connectivity index (χ0n) is 21.3. The van der Waals surface area contributed by atoms with Crippen LogP contribution in [0, 0.1) is 0 Å². The van der Waals surface area contributed by atoms with Gasteiger partial charge in [-0.3, -0.25) is 4.79 Å². The maximum absolute atomic E-state index is 13.1. The van der Waals surface area contributed by atoms with E-state index < -0.39 is 35.7 Å². The number of ether oxygens (including phenoxy) is 2. The fraction of sp³-hybridized carbons (Fsp3) is 0.345. The van der Waals surface area contributed by atoms with Crippen molar-refractivity contribution < 1.29 is 29.0 Å². The molecule has 2 amide bonds. The number of carbonyl (C=O) groups excluding carboxylic acids is 3. The predicted molar refractivity (Wildman–Crippen MR) is 140 cm³/mol. The molecule has 8 nitrogen and oxygen atoms in total. The number of phenols is 1. The third-order valence-electron chi connectivity index (χ3n) is 6.12. The molecule has 1 aliphatic heterocycles. The lowest BCUT2D eigenvalue weighted by atomic mass is 10.1. The van der Waals surface area contributed by atoms with Gasteiger partial charge < -0.3 is 24.8 Å². The molecule has 2 atom stereocenters. The highest BCUT2D eigenvalue weighted by Gasteiger charge is 2.35. The summed E-state index contributed by atoms with van der Waals surface area (Å²) in [6.45, 7) is 5.90. The van der Waals surface area contributed by atoms with Gasteiger partial charge in [0.25, 0.3) is 5.91 Å². The molecule has 3 aromatic rings. The van der Waals surface area contributed by atoms with Crippen molar-refractivity contribution in [2.24, 2.45) is 0 Å². The molecule has 0 saturated carbocycles. The van der Waals surface area contributed by atoms with Gasteiger partial charge in [0.15, 0.2) is 0 Å². The summed E-state index contributed by atoms with van der Waals surface area (Å²) >= 11 is 0. The average Bonchev–Trinajstić information content (AvgIpc) is 3.05. The third kappa shape index (κ3) is 6.78. The van der Waals surface area contributed by atoms with Crippen molar-refractivity contribution >= 4 is 28.7 Å². The minimum atomic E-state index is -0.671. The molecule has 1 aliphatic rings. The number of phenolic OH excluding ortho intramolecular Hbond substituents is 1. The first-order valence-electron chi connectivity index (χ1n) is 12.4. The van der Waals surface area contributed by atoms with Crippen LogP contribution < -0.4 is 5.32 Å².